The first kappa shape index (κ1) is 13.0. The largest absolute Gasteiger partial charge is 0.334 e. The molecule has 0 spiro atoms. The summed E-state index contributed by atoms with van der Waals surface area (Å²) in [5.74, 6) is -0.165. The Morgan fingerprint density at radius 1 is 1.56 bits per heavy atom. The molecule has 0 aliphatic heterocycles. The van der Waals surface area contributed by atoms with E-state index < -0.39 is 0 Å². The molecule has 1 N–H and O–H groups in total. The van der Waals surface area contributed by atoms with Crippen molar-refractivity contribution >= 4 is 5.91 Å². The number of carbonyl (C=O) groups is 1. The first-order valence-electron chi connectivity index (χ1n) is 6.34. The Balaban J connectivity index is 2.09. The third-order valence-electron chi connectivity index (χ3n) is 3.32. The Kier molecular flexibility index (Phi) is 3.97. The summed E-state index contributed by atoms with van der Waals surface area (Å²) in [4.78, 5) is 14.1. The van der Waals surface area contributed by atoms with E-state index in [-0.39, 0.29) is 17.8 Å². The van der Waals surface area contributed by atoms with E-state index in [1.807, 2.05) is 17.9 Å². The highest BCUT2D eigenvalue weighted by molar-refractivity contribution is 5.82. The fourth-order valence-corrected chi connectivity index (χ4v) is 1.98. The molecule has 1 aliphatic carbocycles. The highest BCUT2D eigenvalue weighted by Crippen LogP contribution is 2.29. The van der Waals surface area contributed by atoms with Gasteiger partial charge in [0.25, 0.3) is 0 Å². The minimum atomic E-state index is -0.252. The van der Waals surface area contributed by atoms with Gasteiger partial charge in [-0.05, 0) is 44.5 Å². The number of hydrogen-bond donors (Lipinski definition) is 1. The van der Waals surface area contributed by atoms with Crippen molar-refractivity contribution in [2.75, 3.05) is 7.05 Å². The van der Waals surface area contributed by atoms with Crippen molar-refractivity contribution in [1.82, 2.24) is 10.2 Å². The van der Waals surface area contributed by atoms with Gasteiger partial charge in [0.1, 0.15) is 5.82 Å². The van der Waals surface area contributed by atoms with Gasteiger partial charge >= 0.3 is 0 Å². The van der Waals surface area contributed by atoms with E-state index in [0.717, 1.165) is 18.4 Å². The Morgan fingerprint density at radius 3 is 2.83 bits per heavy atom. The summed E-state index contributed by atoms with van der Waals surface area (Å²) in [5.41, 5.74) is 0.846. The molecular weight excluding hydrogens is 231 g/mol. The van der Waals surface area contributed by atoms with Crippen LogP contribution in [0.4, 0.5) is 4.39 Å². The molecule has 98 valence electrons. The van der Waals surface area contributed by atoms with E-state index in [9.17, 15) is 9.18 Å². The van der Waals surface area contributed by atoms with Crippen LogP contribution in [0.3, 0.4) is 0 Å². The Labute approximate surface area is 107 Å². The molecule has 0 radical (unpaired) electrons. The molecule has 1 fully saturated rings. The fourth-order valence-electron chi connectivity index (χ4n) is 1.98. The van der Waals surface area contributed by atoms with Crippen molar-refractivity contribution in [3.05, 3.63) is 35.6 Å². The van der Waals surface area contributed by atoms with Crippen LogP contribution in [0.1, 0.15) is 25.3 Å². The number of carbonyl (C=O) groups excluding carboxylic acids is 1. The van der Waals surface area contributed by atoms with Crippen LogP contribution in [-0.2, 0) is 11.3 Å². The highest BCUT2D eigenvalue weighted by atomic mass is 19.1. The van der Waals surface area contributed by atoms with Crippen molar-refractivity contribution in [3.63, 3.8) is 0 Å². The number of likely N-dealkylation sites (N-methyl/N-ethyl adjacent to an activating group) is 1. The summed E-state index contributed by atoms with van der Waals surface area (Å²) in [6.07, 6.45) is 2.11. The lowest BCUT2D eigenvalue weighted by Crippen LogP contribution is -2.44. The minimum absolute atomic E-state index is 0.0873. The van der Waals surface area contributed by atoms with Gasteiger partial charge in [-0.15, -0.1) is 0 Å². The zero-order chi connectivity index (χ0) is 13.1. The maximum atomic E-state index is 13.1. The molecule has 1 atom stereocenters. The molecule has 2 rings (SSSR count). The SMILES string of the molecule is CNC(C)C(=O)N(Cc1cccc(F)c1)C1CC1. The first-order chi connectivity index (χ1) is 8.61. The third-order valence-corrected chi connectivity index (χ3v) is 3.32. The van der Waals surface area contributed by atoms with Gasteiger partial charge in [-0.1, -0.05) is 12.1 Å². The molecule has 3 nitrogen and oxygen atoms in total. The van der Waals surface area contributed by atoms with E-state index in [1.54, 1.807) is 13.1 Å². The lowest BCUT2D eigenvalue weighted by Gasteiger charge is -2.25. The Morgan fingerprint density at radius 2 is 2.28 bits per heavy atom. The summed E-state index contributed by atoms with van der Waals surface area (Å²) in [6, 6.07) is 6.59. The first-order valence-corrected chi connectivity index (χ1v) is 6.34. The molecule has 1 aliphatic rings. The van der Waals surface area contributed by atoms with E-state index in [4.69, 9.17) is 0 Å². The summed E-state index contributed by atoms with van der Waals surface area (Å²) in [5, 5.41) is 2.96. The normalized spacial score (nSPS) is 16.4. The van der Waals surface area contributed by atoms with Crippen LogP contribution in [0, 0.1) is 5.82 Å². The Bertz CT molecular complexity index is 432. The zero-order valence-electron chi connectivity index (χ0n) is 10.8. The van der Waals surface area contributed by atoms with Gasteiger partial charge in [0.15, 0.2) is 0 Å². The molecule has 1 aromatic rings. The molecule has 0 aromatic heterocycles. The third kappa shape index (κ3) is 3.07. The smallest absolute Gasteiger partial charge is 0.239 e. The number of rotatable bonds is 5. The summed E-state index contributed by atoms with van der Waals surface area (Å²) in [6.45, 7) is 2.34. The molecule has 1 unspecified atom stereocenters. The van der Waals surface area contributed by atoms with Gasteiger partial charge in [-0.2, -0.15) is 0 Å². The van der Waals surface area contributed by atoms with E-state index >= 15 is 0 Å². The van der Waals surface area contributed by atoms with Gasteiger partial charge in [0.05, 0.1) is 6.04 Å². The van der Waals surface area contributed by atoms with Gasteiger partial charge in [-0.3, -0.25) is 4.79 Å². The quantitative estimate of drug-likeness (QED) is 0.866. The van der Waals surface area contributed by atoms with Crippen molar-refractivity contribution in [3.8, 4) is 0 Å². The fraction of sp³-hybridized carbons (Fsp3) is 0.500. The minimum Gasteiger partial charge on any atom is -0.334 e. The average Bonchev–Trinajstić information content (AvgIpc) is 3.18. The van der Waals surface area contributed by atoms with Gasteiger partial charge in [0, 0.05) is 12.6 Å². The molecular formula is C14H19FN2O. The number of nitrogens with zero attached hydrogens (tertiary/aromatic N) is 1. The standard InChI is InChI=1S/C14H19FN2O/c1-10(16-2)14(18)17(13-6-7-13)9-11-4-3-5-12(15)8-11/h3-5,8,10,13,16H,6-7,9H2,1-2H3. The number of halogens is 1. The second-order valence-electron chi connectivity index (χ2n) is 4.84. The Hall–Kier alpha value is -1.42. The van der Waals surface area contributed by atoms with Gasteiger partial charge in [-0.25, -0.2) is 4.39 Å². The summed E-state index contributed by atoms with van der Waals surface area (Å²) in [7, 11) is 1.77. The number of nitrogens with one attached hydrogen (secondary N) is 1. The topological polar surface area (TPSA) is 32.3 Å². The maximum Gasteiger partial charge on any atom is 0.239 e. The lowest BCUT2D eigenvalue weighted by molar-refractivity contribution is -0.134. The van der Waals surface area contributed by atoms with Crippen molar-refractivity contribution < 1.29 is 9.18 Å². The van der Waals surface area contributed by atoms with E-state index in [0.29, 0.717) is 12.6 Å². The summed E-state index contributed by atoms with van der Waals surface area (Å²) >= 11 is 0. The monoisotopic (exact) mass is 250 g/mol. The second kappa shape index (κ2) is 5.48. The molecule has 1 amide bonds. The molecule has 0 bridgehead atoms. The van der Waals surface area contributed by atoms with Crippen molar-refractivity contribution in [2.45, 2.75) is 38.4 Å². The maximum absolute atomic E-state index is 13.1. The van der Waals surface area contributed by atoms with Crippen LogP contribution in [0.5, 0.6) is 0 Å². The lowest BCUT2D eigenvalue weighted by atomic mass is 10.2. The van der Waals surface area contributed by atoms with Crippen LogP contribution >= 0.6 is 0 Å². The second-order valence-corrected chi connectivity index (χ2v) is 4.84. The molecule has 0 saturated heterocycles. The molecule has 0 heterocycles. The summed E-state index contributed by atoms with van der Waals surface area (Å²) < 4.78 is 13.1. The molecule has 1 aromatic carbocycles. The average molecular weight is 250 g/mol. The zero-order valence-corrected chi connectivity index (χ0v) is 10.8. The van der Waals surface area contributed by atoms with Crippen LogP contribution in [0.15, 0.2) is 24.3 Å². The highest BCUT2D eigenvalue weighted by Gasteiger charge is 2.34. The van der Waals surface area contributed by atoms with Crippen LogP contribution < -0.4 is 5.32 Å². The van der Waals surface area contributed by atoms with Crippen LogP contribution in [0.2, 0.25) is 0 Å². The number of hydrogen-bond acceptors (Lipinski definition) is 2. The van der Waals surface area contributed by atoms with Crippen LogP contribution in [0.25, 0.3) is 0 Å². The van der Waals surface area contributed by atoms with Crippen molar-refractivity contribution in [1.29, 1.82) is 0 Å². The molecule has 4 heteroatoms. The van der Waals surface area contributed by atoms with Gasteiger partial charge < -0.3 is 10.2 Å². The number of benzene rings is 1. The van der Waals surface area contributed by atoms with Crippen molar-refractivity contribution in [2.24, 2.45) is 0 Å². The molecule has 18 heavy (non-hydrogen) atoms. The number of amides is 1. The predicted octanol–water partition coefficient (Wildman–Crippen LogP) is 1.92. The van der Waals surface area contributed by atoms with E-state index in [2.05, 4.69) is 5.32 Å². The molecule has 1 saturated carbocycles. The predicted molar refractivity (Wildman–Crippen MR) is 68.5 cm³/mol. The van der Waals surface area contributed by atoms with E-state index in [1.165, 1.54) is 12.1 Å². The van der Waals surface area contributed by atoms with Crippen LogP contribution in [-0.4, -0.2) is 29.9 Å². The van der Waals surface area contributed by atoms with Gasteiger partial charge in [0.2, 0.25) is 5.91 Å².